The van der Waals surface area contributed by atoms with E-state index in [1.54, 1.807) is 24.3 Å². The van der Waals surface area contributed by atoms with Crippen LogP contribution in [-0.2, 0) is 22.7 Å². The van der Waals surface area contributed by atoms with Crippen molar-refractivity contribution in [2.75, 3.05) is 6.61 Å². The van der Waals surface area contributed by atoms with E-state index in [1.165, 1.54) is 23.5 Å². The number of Topliss-reactive ketones (excluding diaryl/α,β-unsaturated/α-hetero) is 1. The minimum absolute atomic E-state index is 0.0850. The lowest BCUT2D eigenvalue weighted by atomic mass is 10.0. The van der Waals surface area contributed by atoms with Gasteiger partial charge in [0.25, 0.3) is 5.56 Å². The van der Waals surface area contributed by atoms with E-state index in [2.05, 4.69) is 11.1 Å². The van der Waals surface area contributed by atoms with E-state index >= 15 is 0 Å². The molecule has 4 rings (SSSR count). The molecule has 0 bridgehead atoms. The highest BCUT2D eigenvalue weighted by Gasteiger charge is 2.44. The van der Waals surface area contributed by atoms with E-state index in [4.69, 9.17) is 16.3 Å². The second-order valence-electron chi connectivity index (χ2n) is 8.05. The SMILES string of the molecule is N#CC1(CC(=O)Cn2c(COCC3CC3)nc(-c3ccc(Cl)cc3)cc2=O)CC1. The van der Waals surface area contributed by atoms with Crippen LogP contribution in [0.2, 0.25) is 5.02 Å². The van der Waals surface area contributed by atoms with E-state index in [-0.39, 0.29) is 30.9 Å². The van der Waals surface area contributed by atoms with Gasteiger partial charge in [-0.15, -0.1) is 0 Å². The van der Waals surface area contributed by atoms with Gasteiger partial charge in [0.05, 0.1) is 23.7 Å². The number of ketones is 1. The van der Waals surface area contributed by atoms with Crippen molar-refractivity contribution in [2.45, 2.75) is 45.3 Å². The molecule has 7 heteroatoms. The zero-order valence-corrected chi connectivity index (χ0v) is 16.8. The van der Waals surface area contributed by atoms with E-state index < -0.39 is 5.41 Å². The van der Waals surface area contributed by atoms with Gasteiger partial charge < -0.3 is 4.74 Å². The quantitative estimate of drug-likeness (QED) is 0.627. The van der Waals surface area contributed by atoms with Crippen molar-refractivity contribution in [1.29, 1.82) is 5.26 Å². The summed E-state index contributed by atoms with van der Waals surface area (Å²) in [6.45, 7) is 0.717. The van der Waals surface area contributed by atoms with Crippen molar-refractivity contribution in [3.05, 3.63) is 51.5 Å². The Kier molecular flexibility index (Phi) is 5.53. The molecule has 0 N–H and O–H groups in total. The Morgan fingerprint density at radius 3 is 2.66 bits per heavy atom. The Hall–Kier alpha value is -2.49. The molecular weight excluding hydrogens is 390 g/mol. The first kappa shape index (κ1) is 19.8. The third-order valence-corrected chi connectivity index (χ3v) is 5.72. The third-order valence-electron chi connectivity index (χ3n) is 5.47. The highest BCUT2D eigenvalue weighted by molar-refractivity contribution is 6.30. The van der Waals surface area contributed by atoms with Crippen molar-refractivity contribution >= 4 is 17.4 Å². The fourth-order valence-corrected chi connectivity index (χ4v) is 3.42. The van der Waals surface area contributed by atoms with Crippen LogP contribution >= 0.6 is 11.6 Å². The maximum Gasteiger partial charge on any atom is 0.254 e. The zero-order chi connectivity index (χ0) is 20.4. The van der Waals surface area contributed by atoms with Crippen LogP contribution in [0.4, 0.5) is 0 Å². The zero-order valence-electron chi connectivity index (χ0n) is 16.1. The molecule has 1 aromatic heterocycles. The van der Waals surface area contributed by atoms with Crippen LogP contribution < -0.4 is 5.56 Å². The number of carbonyl (C=O) groups is 1. The molecule has 2 aromatic rings. The number of benzene rings is 1. The lowest BCUT2D eigenvalue weighted by molar-refractivity contribution is -0.120. The fraction of sp³-hybridized carbons (Fsp3) is 0.455. The number of hydrogen-bond acceptors (Lipinski definition) is 5. The van der Waals surface area contributed by atoms with Gasteiger partial charge in [-0.25, -0.2) is 4.98 Å². The van der Waals surface area contributed by atoms with Crippen LogP contribution in [0.15, 0.2) is 35.1 Å². The smallest absolute Gasteiger partial charge is 0.254 e. The number of carbonyl (C=O) groups excluding carboxylic acids is 1. The fourth-order valence-electron chi connectivity index (χ4n) is 3.29. The predicted molar refractivity (Wildman–Crippen MR) is 108 cm³/mol. The molecule has 0 unspecified atom stereocenters. The Morgan fingerprint density at radius 2 is 2.03 bits per heavy atom. The molecule has 1 heterocycles. The van der Waals surface area contributed by atoms with E-state index in [9.17, 15) is 14.9 Å². The van der Waals surface area contributed by atoms with Crippen molar-refractivity contribution in [3.63, 3.8) is 0 Å². The maximum atomic E-state index is 12.8. The molecule has 0 atom stereocenters. The molecule has 2 aliphatic carbocycles. The summed E-state index contributed by atoms with van der Waals surface area (Å²) in [7, 11) is 0. The van der Waals surface area contributed by atoms with Crippen molar-refractivity contribution in [2.24, 2.45) is 11.3 Å². The average Bonchev–Trinajstić information content (AvgIpc) is 3.62. The first-order chi connectivity index (χ1) is 14.0. The van der Waals surface area contributed by atoms with Crippen LogP contribution in [0.25, 0.3) is 11.3 Å². The van der Waals surface area contributed by atoms with Gasteiger partial charge in [-0.3, -0.25) is 14.2 Å². The Bertz CT molecular complexity index is 1020. The summed E-state index contributed by atoms with van der Waals surface area (Å²) in [6.07, 6.45) is 4.00. The minimum atomic E-state index is -0.528. The molecule has 2 aliphatic rings. The van der Waals surface area contributed by atoms with E-state index in [0.29, 0.717) is 29.1 Å². The first-order valence-corrected chi connectivity index (χ1v) is 10.2. The number of rotatable bonds is 9. The van der Waals surface area contributed by atoms with Gasteiger partial charge in [-0.05, 0) is 43.7 Å². The second kappa shape index (κ2) is 8.10. The first-order valence-electron chi connectivity index (χ1n) is 9.85. The van der Waals surface area contributed by atoms with Crippen molar-refractivity contribution in [3.8, 4) is 17.3 Å². The van der Waals surface area contributed by atoms with Crippen LogP contribution in [0.5, 0.6) is 0 Å². The summed E-state index contributed by atoms with van der Waals surface area (Å²) in [5.41, 5.74) is 0.469. The Balaban J connectivity index is 1.59. The van der Waals surface area contributed by atoms with Gasteiger partial charge >= 0.3 is 0 Å². The highest BCUT2D eigenvalue weighted by atomic mass is 35.5. The molecule has 0 spiro atoms. The average molecular weight is 412 g/mol. The normalized spacial score (nSPS) is 17.0. The van der Waals surface area contributed by atoms with Gasteiger partial charge in [0.2, 0.25) is 0 Å². The Labute approximate surface area is 174 Å². The number of nitrogens with zero attached hydrogens (tertiary/aromatic N) is 3. The largest absolute Gasteiger partial charge is 0.373 e. The molecule has 150 valence electrons. The lowest BCUT2D eigenvalue weighted by Crippen LogP contribution is -2.29. The second-order valence-corrected chi connectivity index (χ2v) is 8.49. The van der Waals surface area contributed by atoms with Crippen LogP contribution in [0.1, 0.15) is 37.9 Å². The predicted octanol–water partition coefficient (Wildman–Crippen LogP) is 3.75. The van der Waals surface area contributed by atoms with Gasteiger partial charge in [0, 0.05) is 29.7 Å². The number of halogens is 1. The number of aromatic nitrogens is 2. The monoisotopic (exact) mass is 411 g/mol. The summed E-state index contributed by atoms with van der Waals surface area (Å²) in [4.78, 5) is 30.0. The van der Waals surface area contributed by atoms with Crippen LogP contribution in [-0.4, -0.2) is 21.9 Å². The molecule has 29 heavy (non-hydrogen) atoms. The van der Waals surface area contributed by atoms with E-state index in [0.717, 1.165) is 18.4 Å². The van der Waals surface area contributed by atoms with Gasteiger partial charge in [0.15, 0.2) is 5.78 Å². The molecule has 0 radical (unpaired) electrons. The van der Waals surface area contributed by atoms with Gasteiger partial charge in [-0.1, -0.05) is 23.7 Å². The molecular formula is C22H22ClN3O3. The minimum Gasteiger partial charge on any atom is -0.373 e. The molecule has 0 saturated heterocycles. The number of hydrogen-bond donors (Lipinski definition) is 0. The maximum absolute atomic E-state index is 12.8. The molecule has 0 amide bonds. The lowest BCUT2D eigenvalue weighted by Gasteiger charge is -2.14. The van der Waals surface area contributed by atoms with Crippen LogP contribution in [0.3, 0.4) is 0 Å². The summed E-state index contributed by atoms with van der Waals surface area (Å²) < 4.78 is 7.14. The highest BCUT2D eigenvalue weighted by Crippen LogP contribution is 2.48. The Morgan fingerprint density at radius 1 is 1.31 bits per heavy atom. The summed E-state index contributed by atoms with van der Waals surface area (Å²) in [5.74, 6) is 0.885. The topological polar surface area (TPSA) is 85.0 Å². The summed E-state index contributed by atoms with van der Waals surface area (Å²) >= 11 is 5.95. The molecule has 1 aromatic carbocycles. The van der Waals surface area contributed by atoms with Crippen molar-refractivity contribution < 1.29 is 9.53 Å². The molecule has 2 saturated carbocycles. The molecule has 2 fully saturated rings. The number of nitriles is 1. The summed E-state index contributed by atoms with van der Waals surface area (Å²) in [5, 5.41) is 9.83. The standard InChI is InChI=1S/C22H22ClN3O3/c23-17-5-3-16(4-6-17)19-9-21(28)26(11-18(27)10-22(14-24)7-8-22)20(25-19)13-29-12-15-1-2-15/h3-6,9,15H,1-2,7-8,10-13H2. The number of ether oxygens (including phenoxy) is 1. The third kappa shape index (κ3) is 4.92. The van der Waals surface area contributed by atoms with E-state index in [1.807, 2.05) is 0 Å². The van der Waals surface area contributed by atoms with Gasteiger partial charge in [-0.2, -0.15) is 5.26 Å². The summed E-state index contributed by atoms with van der Waals surface area (Å²) in [6, 6.07) is 10.8. The van der Waals surface area contributed by atoms with Gasteiger partial charge in [0.1, 0.15) is 12.4 Å². The van der Waals surface area contributed by atoms with Crippen LogP contribution in [0, 0.1) is 22.7 Å². The molecule has 6 nitrogen and oxygen atoms in total. The van der Waals surface area contributed by atoms with Crippen molar-refractivity contribution in [1.82, 2.24) is 9.55 Å². The molecule has 0 aliphatic heterocycles.